The molecule has 8 rings (SSSR count). The van der Waals surface area contributed by atoms with Gasteiger partial charge in [0.2, 0.25) is 0 Å². The molecule has 2 heteroatoms. The number of nitrogens with one attached hydrogen (secondary N) is 1. The maximum atomic E-state index is 5.60. The molecule has 38 heavy (non-hydrogen) atoms. The molecule has 1 aromatic heterocycles. The Morgan fingerprint density at radius 2 is 1.63 bits per heavy atom. The molecule has 0 radical (unpaired) electrons. The third-order valence-corrected chi connectivity index (χ3v) is 8.17. The maximum absolute atomic E-state index is 5.60. The summed E-state index contributed by atoms with van der Waals surface area (Å²) in [4.78, 5) is 0. The van der Waals surface area contributed by atoms with E-state index in [0.29, 0.717) is 0 Å². The lowest BCUT2D eigenvalue weighted by Crippen LogP contribution is -2.06. The molecule has 0 amide bonds. The lowest BCUT2D eigenvalue weighted by molar-refractivity contribution is 1.11. The number of allylic oxidation sites excluding steroid dienone is 1. The van der Waals surface area contributed by atoms with Crippen LogP contribution in [-0.4, -0.2) is 11.1 Å². The van der Waals surface area contributed by atoms with Crippen LogP contribution in [0, 0.1) is 19.3 Å². The number of nitrogens with zero attached hydrogens (tertiary/aromatic N) is 1. The molecule has 178 valence electrons. The zero-order valence-corrected chi connectivity index (χ0v) is 21.0. The number of aryl methyl sites for hydroxylation is 1. The van der Waals surface area contributed by atoms with Crippen molar-refractivity contribution in [3.8, 4) is 40.3 Å². The van der Waals surface area contributed by atoms with Gasteiger partial charge in [0.05, 0.1) is 22.6 Å². The summed E-state index contributed by atoms with van der Waals surface area (Å²) in [6, 6.07) is 29.1. The Balaban J connectivity index is 1.47. The first-order valence-electron chi connectivity index (χ1n) is 13.1. The van der Waals surface area contributed by atoms with Gasteiger partial charge in [-0.1, -0.05) is 66.6 Å². The van der Waals surface area contributed by atoms with Crippen molar-refractivity contribution in [2.24, 2.45) is 0 Å². The van der Waals surface area contributed by atoms with Crippen molar-refractivity contribution >= 4 is 50.3 Å². The minimum atomic E-state index is 0.811. The predicted octanol–water partition coefficient (Wildman–Crippen LogP) is 8.98. The van der Waals surface area contributed by atoms with E-state index in [0.717, 1.165) is 6.54 Å². The summed E-state index contributed by atoms with van der Waals surface area (Å²) < 4.78 is 2.42. The summed E-state index contributed by atoms with van der Waals surface area (Å²) in [5.74, 6) is 2.67. The first-order chi connectivity index (χ1) is 18.7. The molecule has 1 aliphatic heterocycles. The fraction of sp³-hybridized carbons (Fsp3) is 0.0556. The van der Waals surface area contributed by atoms with Crippen LogP contribution in [0.3, 0.4) is 0 Å². The van der Waals surface area contributed by atoms with Crippen LogP contribution in [0.5, 0.6) is 0 Å². The SMILES string of the molecule is C#C/C=C\c1c(C)ccc2c1c1c(n2-c2ccc3c4c(cccc24)-c2cc4ccccc4cc2-3)C=CCN1. The lowest BCUT2D eigenvalue weighted by Gasteiger charge is -2.16. The van der Waals surface area contributed by atoms with Gasteiger partial charge in [-0.3, -0.25) is 0 Å². The summed E-state index contributed by atoms with van der Waals surface area (Å²) in [7, 11) is 0. The molecule has 2 nitrogen and oxygen atoms in total. The van der Waals surface area contributed by atoms with E-state index in [9.17, 15) is 0 Å². The molecule has 0 atom stereocenters. The summed E-state index contributed by atoms with van der Waals surface area (Å²) >= 11 is 0. The van der Waals surface area contributed by atoms with Crippen molar-refractivity contribution in [2.75, 3.05) is 11.9 Å². The largest absolute Gasteiger partial charge is 0.379 e. The topological polar surface area (TPSA) is 17.0 Å². The van der Waals surface area contributed by atoms with E-state index in [1.165, 1.54) is 82.9 Å². The first kappa shape index (κ1) is 21.1. The number of hydrogen-bond donors (Lipinski definition) is 1. The molecule has 2 heterocycles. The highest BCUT2D eigenvalue weighted by Crippen LogP contribution is 2.50. The van der Waals surface area contributed by atoms with Crippen LogP contribution in [0.1, 0.15) is 16.8 Å². The third kappa shape index (κ3) is 2.74. The molecule has 0 saturated heterocycles. The molecule has 0 bridgehead atoms. The Morgan fingerprint density at radius 1 is 0.842 bits per heavy atom. The summed E-state index contributed by atoms with van der Waals surface area (Å²) in [6.45, 7) is 2.96. The van der Waals surface area contributed by atoms with Gasteiger partial charge in [0.15, 0.2) is 0 Å². The minimum Gasteiger partial charge on any atom is -0.379 e. The highest BCUT2D eigenvalue weighted by atomic mass is 15.0. The minimum absolute atomic E-state index is 0.811. The second-order valence-corrected chi connectivity index (χ2v) is 10.2. The first-order valence-corrected chi connectivity index (χ1v) is 13.1. The standard InChI is InChI=1S/C36H24N2/c1-3-4-11-25-22(2)15-17-32-35(25)36-33(14-8-19-37-36)38(32)31-18-16-27-30-21-24-10-6-5-9-23(24)20-29(30)26-12-7-13-28(31)34(26)27/h1,4-18,20-21,37H,19H2,2H3/b11-4-. The number of rotatable bonds is 2. The fourth-order valence-corrected chi connectivity index (χ4v) is 6.53. The van der Waals surface area contributed by atoms with Gasteiger partial charge in [-0.15, -0.1) is 6.42 Å². The van der Waals surface area contributed by atoms with E-state index in [1.54, 1.807) is 6.08 Å². The Hall–Kier alpha value is -5.00. The molecule has 0 unspecified atom stereocenters. The number of aromatic nitrogens is 1. The molecule has 6 aromatic rings. The monoisotopic (exact) mass is 484 g/mol. The average Bonchev–Trinajstić information content (AvgIpc) is 3.45. The van der Waals surface area contributed by atoms with Crippen molar-refractivity contribution in [3.63, 3.8) is 0 Å². The Kier molecular flexibility index (Phi) is 4.31. The second kappa shape index (κ2) is 7.75. The number of benzene rings is 5. The number of hydrogen-bond acceptors (Lipinski definition) is 1. The van der Waals surface area contributed by atoms with Crippen molar-refractivity contribution in [1.82, 2.24) is 4.57 Å². The van der Waals surface area contributed by atoms with E-state index >= 15 is 0 Å². The summed E-state index contributed by atoms with van der Waals surface area (Å²) in [6.07, 6.45) is 13.9. The predicted molar refractivity (Wildman–Crippen MR) is 163 cm³/mol. The zero-order valence-electron chi connectivity index (χ0n) is 21.0. The summed E-state index contributed by atoms with van der Waals surface area (Å²) in [5.41, 5.74) is 12.4. The molecule has 1 N–H and O–H groups in total. The molecule has 0 saturated carbocycles. The van der Waals surface area contributed by atoms with E-state index in [1.807, 2.05) is 0 Å². The molecule has 0 fully saturated rings. The van der Waals surface area contributed by atoms with Gasteiger partial charge < -0.3 is 9.88 Å². The zero-order chi connectivity index (χ0) is 25.4. The van der Waals surface area contributed by atoms with Crippen molar-refractivity contribution in [2.45, 2.75) is 6.92 Å². The number of fused-ring (bicyclic) bond motifs is 7. The van der Waals surface area contributed by atoms with E-state index in [4.69, 9.17) is 6.42 Å². The second-order valence-electron chi connectivity index (χ2n) is 10.2. The molecular formula is C36H24N2. The van der Waals surface area contributed by atoms with Crippen molar-refractivity contribution in [1.29, 1.82) is 0 Å². The van der Waals surface area contributed by atoms with Gasteiger partial charge in [-0.25, -0.2) is 0 Å². The van der Waals surface area contributed by atoms with Gasteiger partial charge in [0, 0.05) is 17.3 Å². The Bertz CT molecular complexity index is 2040. The van der Waals surface area contributed by atoms with E-state index in [2.05, 4.69) is 120 Å². The molecule has 2 aliphatic rings. The fourth-order valence-electron chi connectivity index (χ4n) is 6.53. The molecular weight excluding hydrogens is 460 g/mol. The molecule has 1 aliphatic carbocycles. The molecule has 5 aromatic carbocycles. The Labute approximate surface area is 221 Å². The van der Waals surface area contributed by atoms with Crippen LogP contribution in [0.15, 0.2) is 91.0 Å². The summed E-state index contributed by atoms with van der Waals surface area (Å²) in [5, 5.41) is 10.0. The van der Waals surface area contributed by atoms with Gasteiger partial charge >= 0.3 is 0 Å². The highest BCUT2D eigenvalue weighted by Gasteiger charge is 2.26. The number of anilines is 1. The lowest BCUT2D eigenvalue weighted by atomic mass is 9.99. The van der Waals surface area contributed by atoms with E-state index < -0.39 is 0 Å². The maximum Gasteiger partial charge on any atom is 0.0698 e. The van der Waals surface area contributed by atoms with E-state index in [-0.39, 0.29) is 0 Å². The number of terminal acetylenes is 1. The van der Waals surface area contributed by atoms with Gasteiger partial charge in [-0.2, -0.15) is 0 Å². The third-order valence-electron chi connectivity index (χ3n) is 8.17. The smallest absolute Gasteiger partial charge is 0.0698 e. The van der Waals surface area contributed by atoms with Crippen LogP contribution in [0.2, 0.25) is 0 Å². The highest BCUT2D eigenvalue weighted by molar-refractivity contribution is 6.19. The van der Waals surface area contributed by atoms with Gasteiger partial charge in [-0.05, 0) is 99.0 Å². The van der Waals surface area contributed by atoms with Crippen LogP contribution in [-0.2, 0) is 0 Å². The van der Waals surface area contributed by atoms with Gasteiger partial charge in [0.1, 0.15) is 0 Å². The molecule has 0 spiro atoms. The van der Waals surface area contributed by atoms with Crippen LogP contribution >= 0.6 is 0 Å². The van der Waals surface area contributed by atoms with Crippen molar-refractivity contribution in [3.05, 3.63) is 108 Å². The van der Waals surface area contributed by atoms with Crippen molar-refractivity contribution < 1.29 is 0 Å². The van der Waals surface area contributed by atoms with Crippen LogP contribution < -0.4 is 5.32 Å². The van der Waals surface area contributed by atoms with Crippen LogP contribution in [0.4, 0.5) is 5.69 Å². The quantitative estimate of drug-likeness (QED) is 0.242. The normalized spacial score (nSPS) is 13.3. The Morgan fingerprint density at radius 3 is 2.42 bits per heavy atom. The average molecular weight is 485 g/mol. The van der Waals surface area contributed by atoms with Crippen LogP contribution in [0.25, 0.3) is 72.5 Å². The van der Waals surface area contributed by atoms with Gasteiger partial charge in [0.25, 0.3) is 0 Å².